The molecule has 1 aromatic carbocycles. The van der Waals surface area contributed by atoms with Gasteiger partial charge in [-0.15, -0.1) is 0 Å². The molecule has 0 atom stereocenters. The van der Waals surface area contributed by atoms with Gasteiger partial charge in [0.25, 0.3) is 0 Å². The minimum absolute atomic E-state index is 0.405. The van der Waals surface area contributed by atoms with Crippen molar-refractivity contribution in [1.82, 2.24) is 5.32 Å². The van der Waals surface area contributed by atoms with Gasteiger partial charge in [-0.3, -0.25) is 0 Å². The van der Waals surface area contributed by atoms with Crippen LogP contribution in [0.1, 0.15) is 39.2 Å². The van der Waals surface area contributed by atoms with Crippen LogP contribution >= 0.6 is 11.6 Å². The summed E-state index contributed by atoms with van der Waals surface area (Å²) in [5, 5.41) is 4.21. The summed E-state index contributed by atoms with van der Waals surface area (Å²) < 4.78 is 0. The van der Waals surface area contributed by atoms with E-state index in [9.17, 15) is 0 Å². The van der Waals surface area contributed by atoms with Crippen LogP contribution in [0.2, 0.25) is 5.02 Å². The third kappa shape index (κ3) is 6.09. The highest BCUT2D eigenvalue weighted by Gasteiger charge is 2.16. The van der Waals surface area contributed by atoms with Gasteiger partial charge in [0, 0.05) is 5.02 Å². The summed E-state index contributed by atoms with van der Waals surface area (Å²) in [6.07, 6.45) is 3.59. The zero-order chi connectivity index (χ0) is 12.7. The van der Waals surface area contributed by atoms with Gasteiger partial charge < -0.3 is 5.32 Å². The van der Waals surface area contributed by atoms with Gasteiger partial charge >= 0.3 is 0 Å². The first-order valence-corrected chi connectivity index (χ1v) is 6.86. The molecule has 0 spiro atoms. The number of rotatable bonds is 7. The van der Waals surface area contributed by atoms with Crippen molar-refractivity contribution in [1.29, 1.82) is 0 Å². The van der Waals surface area contributed by atoms with E-state index in [1.165, 1.54) is 18.4 Å². The third-order valence-electron chi connectivity index (χ3n) is 3.23. The predicted octanol–water partition coefficient (Wildman–Crippen LogP) is 4.30. The van der Waals surface area contributed by atoms with E-state index in [1.54, 1.807) is 0 Å². The van der Waals surface area contributed by atoms with Crippen LogP contribution in [0.3, 0.4) is 0 Å². The molecule has 0 aliphatic heterocycles. The van der Waals surface area contributed by atoms with Gasteiger partial charge in [-0.25, -0.2) is 0 Å². The number of aryl methyl sites for hydroxylation is 1. The van der Waals surface area contributed by atoms with Crippen molar-refractivity contribution < 1.29 is 0 Å². The lowest BCUT2D eigenvalue weighted by atomic mass is 9.83. The average molecular weight is 254 g/mol. The van der Waals surface area contributed by atoms with E-state index in [0.29, 0.717) is 5.41 Å². The molecule has 0 saturated heterocycles. The number of hydrogen-bond donors (Lipinski definition) is 1. The summed E-state index contributed by atoms with van der Waals surface area (Å²) in [5.74, 6) is 0. The van der Waals surface area contributed by atoms with Gasteiger partial charge in [0.15, 0.2) is 0 Å². The predicted molar refractivity (Wildman–Crippen MR) is 76.7 cm³/mol. The molecule has 1 aromatic rings. The van der Waals surface area contributed by atoms with E-state index in [2.05, 4.69) is 38.2 Å². The van der Waals surface area contributed by atoms with Crippen molar-refractivity contribution in [3.63, 3.8) is 0 Å². The first-order valence-electron chi connectivity index (χ1n) is 6.49. The Morgan fingerprint density at radius 2 is 1.76 bits per heavy atom. The fourth-order valence-corrected chi connectivity index (χ4v) is 1.99. The SMILES string of the molecule is CCNCCC(C)(C)CCc1ccc(Cl)cc1. The van der Waals surface area contributed by atoms with Crippen LogP contribution in [-0.4, -0.2) is 13.1 Å². The molecule has 96 valence electrons. The Kier molecular flexibility index (Phi) is 6.01. The quantitative estimate of drug-likeness (QED) is 0.715. The molecule has 1 N–H and O–H groups in total. The molecule has 0 bridgehead atoms. The Labute approximate surface area is 111 Å². The molecule has 0 aliphatic rings. The molecule has 0 amide bonds. The zero-order valence-corrected chi connectivity index (χ0v) is 12.0. The lowest BCUT2D eigenvalue weighted by Gasteiger charge is -2.24. The summed E-state index contributed by atoms with van der Waals surface area (Å²) >= 11 is 5.88. The monoisotopic (exact) mass is 253 g/mol. The lowest BCUT2D eigenvalue weighted by molar-refractivity contribution is 0.303. The van der Waals surface area contributed by atoms with E-state index in [1.807, 2.05) is 12.1 Å². The van der Waals surface area contributed by atoms with Crippen molar-refractivity contribution >= 4 is 11.6 Å². The highest BCUT2D eigenvalue weighted by molar-refractivity contribution is 6.30. The summed E-state index contributed by atoms with van der Waals surface area (Å²) in [5.41, 5.74) is 1.79. The summed E-state index contributed by atoms with van der Waals surface area (Å²) in [7, 11) is 0. The average Bonchev–Trinajstić information content (AvgIpc) is 2.29. The molecular weight excluding hydrogens is 230 g/mol. The second kappa shape index (κ2) is 7.03. The Morgan fingerprint density at radius 1 is 1.12 bits per heavy atom. The molecule has 1 nitrogen and oxygen atoms in total. The first-order chi connectivity index (χ1) is 8.03. The maximum absolute atomic E-state index is 5.88. The highest BCUT2D eigenvalue weighted by atomic mass is 35.5. The maximum atomic E-state index is 5.88. The number of benzene rings is 1. The van der Waals surface area contributed by atoms with Gasteiger partial charge in [0.05, 0.1) is 0 Å². The van der Waals surface area contributed by atoms with Crippen LogP contribution in [0.15, 0.2) is 24.3 Å². The third-order valence-corrected chi connectivity index (χ3v) is 3.48. The molecule has 0 aliphatic carbocycles. The smallest absolute Gasteiger partial charge is 0.0406 e. The van der Waals surface area contributed by atoms with Crippen molar-refractivity contribution in [2.24, 2.45) is 5.41 Å². The van der Waals surface area contributed by atoms with E-state index >= 15 is 0 Å². The minimum atomic E-state index is 0.405. The first kappa shape index (κ1) is 14.5. The fourth-order valence-electron chi connectivity index (χ4n) is 1.86. The van der Waals surface area contributed by atoms with E-state index in [4.69, 9.17) is 11.6 Å². The second-order valence-electron chi connectivity index (χ2n) is 5.39. The largest absolute Gasteiger partial charge is 0.317 e. The fraction of sp³-hybridized carbons (Fsp3) is 0.600. The number of hydrogen-bond acceptors (Lipinski definition) is 1. The van der Waals surface area contributed by atoms with Crippen molar-refractivity contribution in [3.05, 3.63) is 34.9 Å². The molecular formula is C15H24ClN. The summed E-state index contributed by atoms with van der Waals surface area (Å²) in [4.78, 5) is 0. The normalized spacial score (nSPS) is 11.8. The van der Waals surface area contributed by atoms with Gasteiger partial charge in [-0.1, -0.05) is 44.5 Å². The number of nitrogens with one attached hydrogen (secondary N) is 1. The van der Waals surface area contributed by atoms with Crippen LogP contribution in [0.5, 0.6) is 0 Å². The Morgan fingerprint density at radius 3 is 2.35 bits per heavy atom. The van der Waals surface area contributed by atoms with Crippen LogP contribution in [0.25, 0.3) is 0 Å². The van der Waals surface area contributed by atoms with Crippen molar-refractivity contribution in [3.8, 4) is 0 Å². The molecule has 0 fully saturated rings. The van der Waals surface area contributed by atoms with Gasteiger partial charge in [-0.05, 0) is 55.5 Å². The molecule has 0 radical (unpaired) electrons. The molecule has 0 heterocycles. The lowest BCUT2D eigenvalue weighted by Crippen LogP contribution is -2.22. The molecule has 17 heavy (non-hydrogen) atoms. The van der Waals surface area contributed by atoms with Crippen LogP contribution < -0.4 is 5.32 Å². The van der Waals surface area contributed by atoms with E-state index in [0.717, 1.165) is 24.5 Å². The molecule has 0 unspecified atom stereocenters. The topological polar surface area (TPSA) is 12.0 Å². The molecule has 1 rings (SSSR count). The van der Waals surface area contributed by atoms with Crippen molar-refractivity contribution in [2.75, 3.05) is 13.1 Å². The van der Waals surface area contributed by atoms with Gasteiger partial charge in [-0.2, -0.15) is 0 Å². The van der Waals surface area contributed by atoms with Crippen LogP contribution in [0.4, 0.5) is 0 Å². The Balaban J connectivity index is 2.35. The van der Waals surface area contributed by atoms with Gasteiger partial charge in [0.1, 0.15) is 0 Å². The molecule has 2 heteroatoms. The Hall–Kier alpha value is -0.530. The summed E-state index contributed by atoms with van der Waals surface area (Å²) in [6.45, 7) is 9.03. The van der Waals surface area contributed by atoms with Gasteiger partial charge in [0.2, 0.25) is 0 Å². The Bertz CT molecular complexity index is 316. The second-order valence-corrected chi connectivity index (χ2v) is 5.83. The van der Waals surface area contributed by atoms with Crippen LogP contribution in [0, 0.1) is 5.41 Å². The summed E-state index contributed by atoms with van der Waals surface area (Å²) in [6, 6.07) is 8.20. The van der Waals surface area contributed by atoms with E-state index < -0.39 is 0 Å². The minimum Gasteiger partial charge on any atom is -0.317 e. The molecule has 0 aromatic heterocycles. The molecule has 0 saturated carbocycles. The highest BCUT2D eigenvalue weighted by Crippen LogP contribution is 2.26. The van der Waals surface area contributed by atoms with Crippen LogP contribution in [-0.2, 0) is 6.42 Å². The maximum Gasteiger partial charge on any atom is 0.0406 e. The number of halogens is 1. The van der Waals surface area contributed by atoms with E-state index in [-0.39, 0.29) is 0 Å². The van der Waals surface area contributed by atoms with Crippen molar-refractivity contribution in [2.45, 2.75) is 40.0 Å². The zero-order valence-electron chi connectivity index (χ0n) is 11.2. The standard InChI is InChI=1S/C15H24ClN/c1-4-17-12-11-15(2,3)10-9-13-5-7-14(16)8-6-13/h5-8,17H,4,9-12H2,1-3H3.